The summed E-state index contributed by atoms with van der Waals surface area (Å²) in [7, 11) is 0. The lowest BCUT2D eigenvalue weighted by atomic mass is 10.2. The number of amides is 1. The average Bonchev–Trinajstić information content (AvgIpc) is 2.28. The van der Waals surface area contributed by atoms with E-state index >= 15 is 0 Å². The smallest absolute Gasteiger partial charge is 0.221 e. The van der Waals surface area contributed by atoms with Crippen LogP contribution in [-0.4, -0.2) is 28.5 Å². The van der Waals surface area contributed by atoms with Gasteiger partial charge in [-0.25, -0.2) is 0 Å². The van der Waals surface area contributed by atoms with E-state index < -0.39 is 0 Å². The van der Waals surface area contributed by atoms with Gasteiger partial charge in [-0.15, -0.1) is 0 Å². The standard InChI is InChI=1S/C12H18N4OS/c1-8(2)16-11(17)4-6-15-10-7-14-5-3-9(10)12(13)18/h3,5,7-8,15H,4,6H2,1-2H3,(H2,13,18)(H,16,17). The Morgan fingerprint density at radius 2 is 2.28 bits per heavy atom. The highest BCUT2D eigenvalue weighted by atomic mass is 32.1. The minimum absolute atomic E-state index is 0.0123. The van der Waals surface area contributed by atoms with E-state index in [1.807, 2.05) is 13.8 Å². The molecule has 0 saturated carbocycles. The molecule has 0 unspecified atom stereocenters. The van der Waals surface area contributed by atoms with Crippen LogP contribution in [0.4, 0.5) is 5.69 Å². The van der Waals surface area contributed by atoms with Crippen LogP contribution in [-0.2, 0) is 4.79 Å². The van der Waals surface area contributed by atoms with E-state index in [2.05, 4.69) is 15.6 Å². The number of nitrogens with two attached hydrogens (primary N) is 1. The second-order valence-corrected chi connectivity index (χ2v) is 4.62. The first-order valence-electron chi connectivity index (χ1n) is 5.77. The van der Waals surface area contributed by atoms with Crippen LogP contribution in [0.2, 0.25) is 0 Å². The molecule has 1 heterocycles. The third kappa shape index (κ3) is 4.67. The van der Waals surface area contributed by atoms with Crippen LogP contribution < -0.4 is 16.4 Å². The molecule has 0 aromatic carbocycles. The first kappa shape index (κ1) is 14.4. The number of hydrogen-bond donors (Lipinski definition) is 3. The van der Waals surface area contributed by atoms with Crippen LogP contribution in [0.1, 0.15) is 25.8 Å². The zero-order valence-corrected chi connectivity index (χ0v) is 11.4. The van der Waals surface area contributed by atoms with Gasteiger partial charge in [0.2, 0.25) is 5.91 Å². The summed E-state index contributed by atoms with van der Waals surface area (Å²) in [5.74, 6) is 0.0123. The number of pyridine rings is 1. The monoisotopic (exact) mass is 266 g/mol. The van der Waals surface area contributed by atoms with E-state index in [1.54, 1.807) is 18.5 Å². The third-order valence-corrected chi connectivity index (χ3v) is 2.42. The van der Waals surface area contributed by atoms with Crippen LogP contribution in [0.25, 0.3) is 0 Å². The molecule has 18 heavy (non-hydrogen) atoms. The molecule has 98 valence electrons. The van der Waals surface area contributed by atoms with Crippen molar-refractivity contribution in [3.8, 4) is 0 Å². The largest absolute Gasteiger partial charge is 0.389 e. The highest BCUT2D eigenvalue weighted by molar-refractivity contribution is 7.80. The van der Waals surface area contributed by atoms with E-state index in [1.165, 1.54) is 0 Å². The second kappa shape index (κ2) is 6.90. The van der Waals surface area contributed by atoms with Gasteiger partial charge in [-0.1, -0.05) is 12.2 Å². The van der Waals surface area contributed by atoms with Crippen molar-refractivity contribution in [2.45, 2.75) is 26.3 Å². The fourth-order valence-corrected chi connectivity index (χ4v) is 1.63. The molecule has 0 saturated heterocycles. The Morgan fingerprint density at radius 3 is 2.89 bits per heavy atom. The van der Waals surface area contributed by atoms with Gasteiger partial charge in [-0.05, 0) is 19.9 Å². The summed E-state index contributed by atoms with van der Waals surface area (Å²) in [5, 5.41) is 5.93. The van der Waals surface area contributed by atoms with Gasteiger partial charge in [0.1, 0.15) is 4.99 Å². The molecule has 0 atom stereocenters. The Labute approximate surface area is 112 Å². The molecule has 6 heteroatoms. The molecular formula is C12H18N4OS. The molecule has 5 nitrogen and oxygen atoms in total. The summed E-state index contributed by atoms with van der Waals surface area (Å²) in [6.07, 6.45) is 3.67. The number of carbonyl (C=O) groups excluding carboxylic acids is 1. The number of rotatable bonds is 6. The number of nitrogens with one attached hydrogen (secondary N) is 2. The van der Waals surface area contributed by atoms with Gasteiger partial charge in [-0.3, -0.25) is 9.78 Å². The van der Waals surface area contributed by atoms with Crippen molar-refractivity contribution < 1.29 is 4.79 Å². The average molecular weight is 266 g/mol. The van der Waals surface area contributed by atoms with Crippen LogP contribution in [0, 0.1) is 0 Å². The first-order valence-corrected chi connectivity index (χ1v) is 6.18. The maximum Gasteiger partial charge on any atom is 0.221 e. The molecule has 1 amide bonds. The minimum Gasteiger partial charge on any atom is -0.389 e. The van der Waals surface area contributed by atoms with Crippen molar-refractivity contribution in [2.24, 2.45) is 5.73 Å². The summed E-state index contributed by atoms with van der Waals surface area (Å²) < 4.78 is 0. The molecule has 4 N–H and O–H groups in total. The van der Waals surface area contributed by atoms with Crippen LogP contribution >= 0.6 is 12.2 Å². The zero-order valence-electron chi connectivity index (χ0n) is 10.6. The van der Waals surface area contributed by atoms with Gasteiger partial charge in [0.25, 0.3) is 0 Å². The van der Waals surface area contributed by atoms with Crippen LogP contribution in [0.5, 0.6) is 0 Å². The quantitative estimate of drug-likeness (QED) is 0.670. The Morgan fingerprint density at radius 1 is 1.56 bits per heavy atom. The SMILES string of the molecule is CC(C)NC(=O)CCNc1cnccc1C(N)=S. The molecule has 0 bridgehead atoms. The number of anilines is 1. The van der Waals surface area contributed by atoms with Crippen LogP contribution in [0.3, 0.4) is 0 Å². The van der Waals surface area contributed by atoms with Gasteiger partial charge in [0.15, 0.2) is 0 Å². The number of aromatic nitrogens is 1. The maximum atomic E-state index is 11.4. The molecular weight excluding hydrogens is 248 g/mol. The van der Waals surface area contributed by atoms with Crippen molar-refractivity contribution in [2.75, 3.05) is 11.9 Å². The van der Waals surface area contributed by atoms with Crippen molar-refractivity contribution in [1.82, 2.24) is 10.3 Å². The van der Waals surface area contributed by atoms with Gasteiger partial charge in [-0.2, -0.15) is 0 Å². The van der Waals surface area contributed by atoms with Gasteiger partial charge >= 0.3 is 0 Å². The van der Waals surface area contributed by atoms with Crippen molar-refractivity contribution in [3.05, 3.63) is 24.0 Å². The highest BCUT2D eigenvalue weighted by Crippen LogP contribution is 2.12. The van der Waals surface area contributed by atoms with E-state index in [9.17, 15) is 4.79 Å². The Balaban J connectivity index is 2.49. The number of thiocarbonyl (C=S) groups is 1. The van der Waals surface area contributed by atoms with E-state index in [0.717, 1.165) is 11.3 Å². The summed E-state index contributed by atoms with van der Waals surface area (Å²) >= 11 is 4.94. The van der Waals surface area contributed by atoms with E-state index in [0.29, 0.717) is 18.0 Å². The number of hydrogen-bond acceptors (Lipinski definition) is 4. The van der Waals surface area contributed by atoms with Crippen molar-refractivity contribution in [3.63, 3.8) is 0 Å². The Bertz CT molecular complexity index is 434. The van der Waals surface area contributed by atoms with Crippen molar-refractivity contribution >= 4 is 28.8 Å². The second-order valence-electron chi connectivity index (χ2n) is 4.18. The fourth-order valence-electron chi connectivity index (χ4n) is 1.46. The van der Waals surface area contributed by atoms with Gasteiger partial charge < -0.3 is 16.4 Å². The van der Waals surface area contributed by atoms with Gasteiger partial charge in [0.05, 0.1) is 11.9 Å². The predicted molar refractivity (Wildman–Crippen MR) is 76.5 cm³/mol. The highest BCUT2D eigenvalue weighted by Gasteiger charge is 2.06. The topological polar surface area (TPSA) is 80.0 Å². The molecule has 0 aliphatic rings. The summed E-state index contributed by atoms with van der Waals surface area (Å²) in [6, 6.07) is 1.90. The third-order valence-electron chi connectivity index (χ3n) is 2.20. The van der Waals surface area contributed by atoms with E-state index in [4.69, 9.17) is 18.0 Å². The molecule has 1 rings (SSSR count). The lowest BCUT2D eigenvalue weighted by Gasteiger charge is -2.11. The molecule has 0 radical (unpaired) electrons. The lowest BCUT2D eigenvalue weighted by Crippen LogP contribution is -2.31. The van der Waals surface area contributed by atoms with Gasteiger partial charge in [0, 0.05) is 30.8 Å². The molecule has 0 spiro atoms. The number of carbonyl (C=O) groups is 1. The fraction of sp³-hybridized carbons (Fsp3) is 0.417. The minimum atomic E-state index is 0.0123. The van der Waals surface area contributed by atoms with Crippen LogP contribution in [0.15, 0.2) is 18.5 Å². The normalized spacial score (nSPS) is 10.2. The molecule has 0 aliphatic heterocycles. The maximum absolute atomic E-state index is 11.4. The molecule has 0 aliphatic carbocycles. The Hall–Kier alpha value is -1.69. The Kier molecular flexibility index (Phi) is 5.51. The summed E-state index contributed by atoms with van der Waals surface area (Å²) in [5.41, 5.74) is 7.09. The predicted octanol–water partition coefficient (Wildman–Crippen LogP) is 1.04. The molecule has 1 aromatic rings. The number of nitrogens with zero attached hydrogens (tertiary/aromatic N) is 1. The lowest BCUT2D eigenvalue weighted by molar-refractivity contribution is -0.121. The first-order chi connectivity index (χ1) is 8.50. The molecule has 1 aromatic heterocycles. The molecule has 0 fully saturated rings. The zero-order chi connectivity index (χ0) is 13.5. The van der Waals surface area contributed by atoms with E-state index in [-0.39, 0.29) is 11.9 Å². The van der Waals surface area contributed by atoms with Crippen molar-refractivity contribution in [1.29, 1.82) is 0 Å². The summed E-state index contributed by atoms with van der Waals surface area (Å²) in [6.45, 7) is 4.37. The summed E-state index contributed by atoms with van der Waals surface area (Å²) in [4.78, 5) is 15.8.